The van der Waals surface area contributed by atoms with E-state index in [2.05, 4.69) is 15.9 Å². The molecular formula is C12H16BrF2NO. The highest BCUT2D eigenvalue weighted by molar-refractivity contribution is 9.10. The maximum absolute atomic E-state index is 12.0. The average molecular weight is 308 g/mol. The summed E-state index contributed by atoms with van der Waals surface area (Å²) in [4.78, 5) is 0. The predicted molar refractivity (Wildman–Crippen MR) is 67.6 cm³/mol. The molecular weight excluding hydrogens is 292 g/mol. The van der Waals surface area contributed by atoms with Gasteiger partial charge in [-0.3, -0.25) is 0 Å². The van der Waals surface area contributed by atoms with Gasteiger partial charge in [-0.05, 0) is 46.5 Å². The Labute approximate surface area is 108 Å². The smallest absolute Gasteiger partial charge is 0.272 e. The van der Waals surface area contributed by atoms with Gasteiger partial charge in [0.1, 0.15) is 12.4 Å². The number of hydrogen-bond donors (Lipinski definition) is 1. The van der Waals surface area contributed by atoms with Crippen LogP contribution in [0.25, 0.3) is 0 Å². The number of hydrogen-bond acceptors (Lipinski definition) is 2. The summed E-state index contributed by atoms with van der Waals surface area (Å²) in [5, 5.41) is 0. The van der Waals surface area contributed by atoms with Crippen LogP contribution in [-0.4, -0.2) is 19.1 Å². The normalized spacial score (nSPS) is 12.8. The highest BCUT2D eigenvalue weighted by Gasteiger charge is 2.08. The quantitative estimate of drug-likeness (QED) is 0.874. The van der Waals surface area contributed by atoms with Gasteiger partial charge in [-0.1, -0.05) is 13.0 Å². The molecule has 0 aliphatic heterocycles. The van der Waals surface area contributed by atoms with E-state index >= 15 is 0 Å². The van der Waals surface area contributed by atoms with Crippen molar-refractivity contribution in [2.24, 2.45) is 5.73 Å². The maximum Gasteiger partial charge on any atom is 0.272 e. The van der Waals surface area contributed by atoms with Gasteiger partial charge in [-0.15, -0.1) is 0 Å². The summed E-state index contributed by atoms with van der Waals surface area (Å²) >= 11 is 3.30. The topological polar surface area (TPSA) is 35.2 Å². The van der Waals surface area contributed by atoms with Gasteiger partial charge in [0.25, 0.3) is 6.43 Å². The first-order valence-corrected chi connectivity index (χ1v) is 6.27. The van der Waals surface area contributed by atoms with Gasteiger partial charge in [0.15, 0.2) is 0 Å². The molecule has 1 rings (SSSR count). The largest absolute Gasteiger partial charge is 0.486 e. The standard InChI is InChI=1S/C12H16BrF2NO/c1-2-9(16)5-8-3-4-11(10(13)6-8)17-7-12(14)15/h3-4,6,9,12H,2,5,7,16H2,1H3. The molecule has 17 heavy (non-hydrogen) atoms. The highest BCUT2D eigenvalue weighted by Crippen LogP contribution is 2.26. The molecule has 5 heteroatoms. The van der Waals surface area contributed by atoms with E-state index in [1.54, 1.807) is 6.07 Å². The maximum atomic E-state index is 12.0. The highest BCUT2D eigenvalue weighted by atomic mass is 79.9. The number of nitrogens with two attached hydrogens (primary N) is 1. The Bertz CT molecular complexity index is 360. The van der Waals surface area contributed by atoms with Gasteiger partial charge in [-0.25, -0.2) is 8.78 Å². The van der Waals surface area contributed by atoms with Crippen LogP contribution in [0.4, 0.5) is 8.78 Å². The number of ether oxygens (including phenoxy) is 1. The second kappa shape index (κ2) is 6.91. The molecule has 0 saturated heterocycles. The third kappa shape index (κ3) is 5.00. The first kappa shape index (κ1) is 14.4. The third-order valence-electron chi connectivity index (χ3n) is 2.38. The number of halogens is 3. The van der Waals surface area contributed by atoms with Gasteiger partial charge in [-0.2, -0.15) is 0 Å². The van der Waals surface area contributed by atoms with Crippen LogP contribution in [0, 0.1) is 0 Å². The van der Waals surface area contributed by atoms with E-state index in [1.807, 2.05) is 19.1 Å². The van der Waals surface area contributed by atoms with Gasteiger partial charge in [0, 0.05) is 6.04 Å². The molecule has 0 aliphatic carbocycles. The Hall–Kier alpha value is -0.680. The van der Waals surface area contributed by atoms with E-state index in [9.17, 15) is 8.78 Å². The van der Waals surface area contributed by atoms with Crippen LogP contribution in [0.1, 0.15) is 18.9 Å². The fourth-order valence-corrected chi connectivity index (χ4v) is 1.93. The lowest BCUT2D eigenvalue weighted by molar-refractivity contribution is 0.0815. The first-order chi connectivity index (χ1) is 8.02. The molecule has 1 aromatic carbocycles. The molecule has 1 atom stereocenters. The molecule has 0 aliphatic rings. The monoisotopic (exact) mass is 307 g/mol. The molecule has 0 aromatic heterocycles. The minimum absolute atomic E-state index is 0.120. The zero-order valence-electron chi connectivity index (χ0n) is 9.63. The number of rotatable bonds is 6. The van der Waals surface area contributed by atoms with Crippen molar-refractivity contribution in [2.45, 2.75) is 32.2 Å². The number of alkyl halides is 2. The van der Waals surface area contributed by atoms with Crippen molar-refractivity contribution in [3.8, 4) is 5.75 Å². The summed E-state index contributed by atoms with van der Waals surface area (Å²) in [5.41, 5.74) is 6.91. The third-order valence-corrected chi connectivity index (χ3v) is 3.00. The second-order valence-corrected chi connectivity index (χ2v) is 4.69. The van der Waals surface area contributed by atoms with Crippen LogP contribution in [0.5, 0.6) is 5.75 Å². The first-order valence-electron chi connectivity index (χ1n) is 5.47. The van der Waals surface area contributed by atoms with E-state index in [0.717, 1.165) is 18.4 Å². The van der Waals surface area contributed by atoms with E-state index < -0.39 is 13.0 Å². The van der Waals surface area contributed by atoms with E-state index in [4.69, 9.17) is 10.5 Å². The molecule has 1 aromatic rings. The molecule has 0 radical (unpaired) electrons. The summed E-state index contributed by atoms with van der Waals surface area (Å²) < 4.78 is 29.6. The molecule has 0 amide bonds. The van der Waals surface area contributed by atoms with Gasteiger partial charge in [0.05, 0.1) is 4.47 Å². The molecule has 96 valence electrons. The lowest BCUT2D eigenvalue weighted by Gasteiger charge is -2.11. The molecule has 0 bridgehead atoms. The van der Waals surface area contributed by atoms with Crippen molar-refractivity contribution < 1.29 is 13.5 Å². The fourth-order valence-electron chi connectivity index (χ4n) is 1.39. The van der Waals surface area contributed by atoms with Crippen LogP contribution in [0.3, 0.4) is 0 Å². The average Bonchev–Trinajstić information content (AvgIpc) is 2.27. The number of benzene rings is 1. The van der Waals surface area contributed by atoms with E-state index in [1.165, 1.54) is 0 Å². The molecule has 2 nitrogen and oxygen atoms in total. The SMILES string of the molecule is CCC(N)Cc1ccc(OCC(F)F)c(Br)c1. The lowest BCUT2D eigenvalue weighted by Crippen LogP contribution is -2.21. The van der Waals surface area contributed by atoms with Crippen molar-refractivity contribution in [1.29, 1.82) is 0 Å². The molecule has 2 N–H and O–H groups in total. The Morgan fingerprint density at radius 2 is 2.12 bits per heavy atom. The molecule has 1 unspecified atom stereocenters. The zero-order chi connectivity index (χ0) is 12.8. The van der Waals surface area contributed by atoms with Gasteiger partial charge >= 0.3 is 0 Å². The summed E-state index contributed by atoms with van der Waals surface area (Å²) in [7, 11) is 0. The van der Waals surface area contributed by atoms with Gasteiger partial charge in [0.2, 0.25) is 0 Å². The molecule has 0 spiro atoms. The summed E-state index contributed by atoms with van der Waals surface area (Å²) in [6.07, 6.45) is -0.791. The van der Waals surface area contributed by atoms with Gasteiger partial charge < -0.3 is 10.5 Å². The Balaban J connectivity index is 2.65. The Morgan fingerprint density at radius 3 is 2.65 bits per heavy atom. The summed E-state index contributed by atoms with van der Waals surface area (Å²) in [6.45, 7) is 1.44. The van der Waals surface area contributed by atoms with E-state index in [0.29, 0.717) is 10.2 Å². The van der Waals surface area contributed by atoms with Crippen molar-refractivity contribution in [3.63, 3.8) is 0 Å². The van der Waals surface area contributed by atoms with Crippen LogP contribution < -0.4 is 10.5 Å². The minimum Gasteiger partial charge on any atom is -0.486 e. The van der Waals surface area contributed by atoms with Crippen molar-refractivity contribution in [1.82, 2.24) is 0 Å². The van der Waals surface area contributed by atoms with Crippen molar-refractivity contribution >= 4 is 15.9 Å². The van der Waals surface area contributed by atoms with Crippen LogP contribution >= 0.6 is 15.9 Å². The predicted octanol–water partition coefficient (Wildman–Crippen LogP) is 3.37. The lowest BCUT2D eigenvalue weighted by atomic mass is 10.0. The second-order valence-electron chi connectivity index (χ2n) is 3.84. The van der Waals surface area contributed by atoms with Crippen molar-refractivity contribution in [3.05, 3.63) is 28.2 Å². The fraction of sp³-hybridized carbons (Fsp3) is 0.500. The van der Waals surface area contributed by atoms with Crippen LogP contribution in [0.15, 0.2) is 22.7 Å². The molecule has 0 saturated carbocycles. The van der Waals surface area contributed by atoms with Crippen LogP contribution in [0.2, 0.25) is 0 Å². The summed E-state index contributed by atoms with van der Waals surface area (Å²) in [5.74, 6) is 0.430. The molecule has 0 heterocycles. The van der Waals surface area contributed by atoms with Crippen molar-refractivity contribution in [2.75, 3.05) is 6.61 Å². The molecule has 0 fully saturated rings. The Morgan fingerprint density at radius 1 is 1.41 bits per heavy atom. The summed E-state index contributed by atoms with van der Waals surface area (Å²) in [6, 6.07) is 5.51. The van der Waals surface area contributed by atoms with E-state index in [-0.39, 0.29) is 6.04 Å². The zero-order valence-corrected chi connectivity index (χ0v) is 11.2. The Kier molecular flexibility index (Phi) is 5.85. The minimum atomic E-state index is -2.46. The van der Waals surface area contributed by atoms with Crippen LogP contribution in [-0.2, 0) is 6.42 Å².